The van der Waals surface area contributed by atoms with Gasteiger partial charge in [0.1, 0.15) is 11.0 Å². The van der Waals surface area contributed by atoms with E-state index in [4.69, 9.17) is 11.6 Å². The van der Waals surface area contributed by atoms with E-state index in [-0.39, 0.29) is 0 Å². The molecule has 0 aromatic carbocycles. The third-order valence-corrected chi connectivity index (χ3v) is 4.02. The van der Waals surface area contributed by atoms with Gasteiger partial charge in [0.2, 0.25) is 0 Å². The maximum atomic E-state index is 5.76. The van der Waals surface area contributed by atoms with Gasteiger partial charge >= 0.3 is 0 Å². The molecule has 3 aromatic rings. The van der Waals surface area contributed by atoms with Gasteiger partial charge in [-0.25, -0.2) is 9.97 Å². The summed E-state index contributed by atoms with van der Waals surface area (Å²) in [6.07, 6.45) is 3.51. The lowest BCUT2D eigenvalue weighted by Crippen LogP contribution is -1.93. The largest absolute Gasteiger partial charge is 0.338 e. The normalized spacial score (nSPS) is 10.8. The molecule has 18 heavy (non-hydrogen) atoms. The third kappa shape index (κ3) is 2.05. The highest BCUT2D eigenvalue weighted by Crippen LogP contribution is 2.31. The number of hydrogen-bond acceptors (Lipinski definition) is 4. The van der Waals surface area contributed by atoms with Gasteiger partial charge < -0.3 is 5.32 Å². The molecular formula is C13H10ClN3S. The van der Waals surface area contributed by atoms with Crippen molar-refractivity contribution in [2.45, 2.75) is 6.92 Å². The van der Waals surface area contributed by atoms with Crippen molar-refractivity contribution < 1.29 is 0 Å². The van der Waals surface area contributed by atoms with E-state index in [9.17, 15) is 0 Å². The molecule has 0 unspecified atom stereocenters. The van der Waals surface area contributed by atoms with Crippen LogP contribution in [0.4, 0.5) is 11.5 Å². The zero-order chi connectivity index (χ0) is 12.5. The highest BCUT2D eigenvalue weighted by molar-refractivity contribution is 7.18. The van der Waals surface area contributed by atoms with Crippen molar-refractivity contribution in [3.63, 3.8) is 0 Å². The zero-order valence-electron chi connectivity index (χ0n) is 9.64. The van der Waals surface area contributed by atoms with E-state index in [0.29, 0.717) is 5.15 Å². The Kier molecular flexibility index (Phi) is 2.89. The van der Waals surface area contributed by atoms with Crippen LogP contribution in [0.5, 0.6) is 0 Å². The lowest BCUT2D eigenvalue weighted by Gasteiger charge is -2.06. The summed E-state index contributed by atoms with van der Waals surface area (Å²) in [6.45, 7) is 2.10. The van der Waals surface area contributed by atoms with Gasteiger partial charge in [0, 0.05) is 11.6 Å². The maximum absolute atomic E-state index is 5.76. The average molecular weight is 276 g/mol. The smallest absolute Gasteiger partial charge is 0.148 e. The number of fused-ring (bicyclic) bond motifs is 1. The van der Waals surface area contributed by atoms with Crippen molar-refractivity contribution >= 4 is 44.5 Å². The summed E-state index contributed by atoms with van der Waals surface area (Å²) in [4.78, 5) is 8.42. The molecule has 0 atom stereocenters. The number of hydrogen-bond donors (Lipinski definition) is 1. The van der Waals surface area contributed by atoms with Crippen molar-refractivity contribution in [2.24, 2.45) is 0 Å². The summed E-state index contributed by atoms with van der Waals surface area (Å²) in [5, 5.41) is 7.12. The van der Waals surface area contributed by atoms with Crippen molar-refractivity contribution in [3.8, 4) is 0 Å². The van der Waals surface area contributed by atoms with Crippen molar-refractivity contribution in [2.75, 3.05) is 5.32 Å². The van der Waals surface area contributed by atoms with Gasteiger partial charge in [-0.05, 0) is 36.1 Å². The fraction of sp³-hybridized carbons (Fsp3) is 0.0769. The molecule has 1 N–H and O–H groups in total. The Morgan fingerprint density at radius 3 is 2.89 bits per heavy atom. The summed E-state index contributed by atoms with van der Waals surface area (Å²) in [5.41, 5.74) is 2.15. The highest BCUT2D eigenvalue weighted by Gasteiger charge is 2.06. The predicted molar refractivity (Wildman–Crippen MR) is 76.9 cm³/mol. The first-order chi connectivity index (χ1) is 8.74. The van der Waals surface area contributed by atoms with Crippen LogP contribution in [0.1, 0.15) is 5.56 Å². The van der Waals surface area contributed by atoms with E-state index in [1.807, 2.05) is 18.3 Å². The fourth-order valence-corrected chi connectivity index (χ4v) is 2.87. The first kappa shape index (κ1) is 11.4. The minimum absolute atomic E-state index is 0.485. The van der Waals surface area contributed by atoms with Gasteiger partial charge in [-0.1, -0.05) is 11.6 Å². The van der Waals surface area contributed by atoms with Gasteiger partial charge in [-0.2, -0.15) is 0 Å². The average Bonchev–Trinajstić information content (AvgIpc) is 2.76. The first-order valence-corrected chi connectivity index (χ1v) is 6.71. The van der Waals surface area contributed by atoms with Crippen LogP contribution in [-0.2, 0) is 0 Å². The van der Waals surface area contributed by atoms with Crippen LogP contribution in [0.15, 0.2) is 36.0 Å². The van der Waals surface area contributed by atoms with E-state index >= 15 is 0 Å². The minimum Gasteiger partial charge on any atom is -0.338 e. The molecule has 3 rings (SSSR count). The van der Waals surface area contributed by atoms with Crippen LogP contribution < -0.4 is 5.32 Å². The van der Waals surface area contributed by atoms with Crippen LogP contribution >= 0.6 is 22.9 Å². The molecule has 5 heteroatoms. The minimum atomic E-state index is 0.485. The number of aryl methyl sites for hydroxylation is 1. The monoisotopic (exact) mass is 275 g/mol. The van der Waals surface area contributed by atoms with Crippen LogP contribution in [0, 0.1) is 6.92 Å². The molecule has 3 nitrogen and oxygen atoms in total. The fourth-order valence-electron chi connectivity index (χ4n) is 1.76. The van der Waals surface area contributed by atoms with Crippen molar-refractivity contribution in [3.05, 3.63) is 46.7 Å². The SMILES string of the molecule is Cc1csc2c(Nc3ccc(Cl)nc3)nccc12. The van der Waals surface area contributed by atoms with E-state index < -0.39 is 0 Å². The molecule has 0 spiro atoms. The molecule has 0 saturated carbocycles. The van der Waals surface area contributed by atoms with Gasteiger partial charge in [-0.3, -0.25) is 0 Å². The Labute approximate surface area is 113 Å². The Hall–Kier alpha value is -1.65. The molecule has 0 radical (unpaired) electrons. The Morgan fingerprint density at radius 2 is 2.11 bits per heavy atom. The number of anilines is 2. The molecule has 0 saturated heterocycles. The molecule has 0 aliphatic heterocycles. The van der Waals surface area contributed by atoms with E-state index in [1.165, 1.54) is 10.9 Å². The number of aromatic nitrogens is 2. The molecule has 0 fully saturated rings. The molecule has 0 bridgehead atoms. The zero-order valence-corrected chi connectivity index (χ0v) is 11.2. The Bertz CT molecular complexity index is 691. The lowest BCUT2D eigenvalue weighted by molar-refractivity contribution is 1.29. The standard InChI is InChI=1S/C13H10ClN3S/c1-8-7-18-12-10(8)4-5-15-13(12)17-9-2-3-11(14)16-6-9/h2-7H,1H3,(H,15,17). The van der Waals surface area contributed by atoms with Crippen molar-refractivity contribution in [1.29, 1.82) is 0 Å². The second-order valence-corrected chi connectivity index (χ2v) is 5.22. The summed E-state index contributed by atoms with van der Waals surface area (Å²) >= 11 is 7.45. The van der Waals surface area contributed by atoms with E-state index in [1.54, 1.807) is 23.6 Å². The molecular weight excluding hydrogens is 266 g/mol. The summed E-state index contributed by atoms with van der Waals surface area (Å²) in [7, 11) is 0. The maximum Gasteiger partial charge on any atom is 0.148 e. The Morgan fingerprint density at radius 1 is 1.22 bits per heavy atom. The summed E-state index contributed by atoms with van der Waals surface area (Å²) in [6, 6.07) is 5.67. The molecule has 0 aliphatic rings. The second kappa shape index (κ2) is 4.55. The molecule has 90 valence electrons. The van der Waals surface area contributed by atoms with Crippen LogP contribution in [0.25, 0.3) is 10.1 Å². The first-order valence-electron chi connectivity index (χ1n) is 5.45. The number of pyridine rings is 2. The summed E-state index contributed by atoms with van der Waals surface area (Å²) < 4.78 is 1.16. The van der Waals surface area contributed by atoms with E-state index in [0.717, 1.165) is 16.2 Å². The van der Waals surface area contributed by atoms with Crippen LogP contribution in [0.3, 0.4) is 0 Å². The van der Waals surface area contributed by atoms with Crippen LogP contribution in [-0.4, -0.2) is 9.97 Å². The number of halogens is 1. The molecule has 0 amide bonds. The van der Waals surface area contributed by atoms with Gasteiger partial charge in [0.05, 0.1) is 16.6 Å². The topological polar surface area (TPSA) is 37.8 Å². The number of nitrogens with zero attached hydrogens (tertiary/aromatic N) is 2. The molecule has 3 aromatic heterocycles. The number of thiophene rings is 1. The Balaban J connectivity index is 2.02. The number of nitrogens with one attached hydrogen (secondary N) is 1. The highest BCUT2D eigenvalue weighted by atomic mass is 35.5. The quantitative estimate of drug-likeness (QED) is 0.705. The van der Waals surface area contributed by atoms with Gasteiger partial charge in [0.25, 0.3) is 0 Å². The van der Waals surface area contributed by atoms with Crippen LogP contribution in [0.2, 0.25) is 5.15 Å². The van der Waals surface area contributed by atoms with Gasteiger partial charge in [0.15, 0.2) is 0 Å². The molecule has 0 aliphatic carbocycles. The van der Waals surface area contributed by atoms with Crippen molar-refractivity contribution in [1.82, 2.24) is 9.97 Å². The second-order valence-electron chi connectivity index (χ2n) is 3.95. The lowest BCUT2D eigenvalue weighted by atomic mass is 10.2. The number of rotatable bonds is 2. The predicted octanol–water partition coefficient (Wildman–Crippen LogP) is 4.40. The van der Waals surface area contributed by atoms with E-state index in [2.05, 4.69) is 27.6 Å². The summed E-state index contributed by atoms with van der Waals surface area (Å²) in [5.74, 6) is 0.856. The third-order valence-electron chi connectivity index (χ3n) is 2.67. The molecule has 3 heterocycles. The van der Waals surface area contributed by atoms with Gasteiger partial charge in [-0.15, -0.1) is 11.3 Å².